The van der Waals surface area contributed by atoms with Gasteiger partial charge in [0.05, 0.1) is 0 Å². The molecule has 3 heterocycles. The fraction of sp³-hybridized carbons (Fsp3) is 0.276. The van der Waals surface area contributed by atoms with Crippen LogP contribution in [0.25, 0.3) is 33.1 Å². The van der Waals surface area contributed by atoms with Crippen molar-refractivity contribution in [3.63, 3.8) is 0 Å². The van der Waals surface area contributed by atoms with Crippen molar-refractivity contribution in [1.82, 2.24) is 0 Å². The van der Waals surface area contributed by atoms with Crippen LogP contribution in [0.1, 0.15) is 105 Å². The maximum Gasteiger partial charge on any atom is 0.252 e. The van der Waals surface area contributed by atoms with Gasteiger partial charge in [-0.1, -0.05) is 156 Å². The van der Waals surface area contributed by atoms with Crippen LogP contribution in [0.3, 0.4) is 0 Å². The molecule has 4 heteroatoms. The van der Waals surface area contributed by atoms with Crippen LogP contribution in [0.5, 0.6) is 0 Å². The first-order valence-corrected chi connectivity index (χ1v) is 22.5. The lowest BCUT2D eigenvalue weighted by atomic mass is 9.33. The van der Waals surface area contributed by atoms with Gasteiger partial charge in [-0.15, -0.1) is 0 Å². The highest BCUT2D eigenvalue weighted by Crippen LogP contribution is 2.48. The van der Waals surface area contributed by atoms with Crippen molar-refractivity contribution in [2.24, 2.45) is 0 Å². The van der Waals surface area contributed by atoms with Gasteiger partial charge in [-0.2, -0.15) is 0 Å². The van der Waals surface area contributed by atoms with E-state index in [9.17, 15) is 0 Å². The molecule has 0 saturated heterocycles. The van der Waals surface area contributed by atoms with Crippen molar-refractivity contribution >= 4 is 79.2 Å². The second-order valence-corrected chi connectivity index (χ2v) is 22.0. The van der Waals surface area contributed by atoms with Crippen LogP contribution < -0.4 is 26.2 Å². The van der Waals surface area contributed by atoms with Gasteiger partial charge < -0.3 is 14.2 Å². The van der Waals surface area contributed by atoms with Crippen molar-refractivity contribution in [1.29, 1.82) is 0 Å². The van der Waals surface area contributed by atoms with Gasteiger partial charge in [0.25, 0.3) is 6.71 Å². The van der Waals surface area contributed by atoms with E-state index in [2.05, 4.69) is 220 Å². The van der Waals surface area contributed by atoms with E-state index in [1.165, 1.54) is 78.2 Å². The molecule has 2 aliphatic heterocycles. The first kappa shape index (κ1) is 40.1. The number of fused-ring (bicyclic) bond motifs is 7. The van der Waals surface area contributed by atoms with E-state index in [1.807, 2.05) is 12.1 Å². The quantitative estimate of drug-likeness (QED) is 0.166. The molecule has 0 unspecified atom stereocenters. The third-order valence-corrected chi connectivity index (χ3v) is 13.5. The fourth-order valence-electron chi connectivity index (χ4n) is 9.73. The molecule has 0 aliphatic carbocycles. The van der Waals surface area contributed by atoms with Crippen LogP contribution in [0, 0.1) is 0 Å². The lowest BCUT2D eigenvalue weighted by Gasteiger charge is -2.45. The second kappa shape index (κ2) is 13.8. The Hall–Kier alpha value is -6.00. The van der Waals surface area contributed by atoms with Gasteiger partial charge in [-0.05, 0) is 138 Å². The Kier molecular flexibility index (Phi) is 8.89. The monoisotopic (exact) mass is 810 g/mol. The maximum absolute atomic E-state index is 6.19. The normalized spacial score (nSPS) is 14.0. The molecule has 0 N–H and O–H groups in total. The van der Waals surface area contributed by atoms with Gasteiger partial charge in [0.1, 0.15) is 11.2 Å². The number of benzene rings is 7. The average molecular weight is 811 g/mol. The van der Waals surface area contributed by atoms with Crippen LogP contribution >= 0.6 is 0 Å². The molecule has 2 aliphatic rings. The Bertz CT molecular complexity index is 3050. The molecular weight excluding hydrogens is 751 g/mol. The molecule has 62 heavy (non-hydrogen) atoms. The van der Waals surface area contributed by atoms with Crippen molar-refractivity contribution < 1.29 is 4.42 Å². The number of rotatable bonds is 3. The number of para-hydroxylation sites is 1. The number of anilines is 6. The maximum atomic E-state index is 6.19. The minimum Gasteiger partial charge on any atom is -0.456 e. The number of hydrogen-bond donors (Lipinski definition) is 0. The molecule has 310 valence electrons. The Labute approximate surface area is 369 Å². The Morgan fingerprint density at radius 3 is 1.32 bits per heavy atom. The number of furan rings is 1. The van der Waals surface area contributed by atoms with Crippen LogP contribution in [-0.2, 0) is 21.7 Å². The summed E-state index contributed by atoms with van der Waals surface area (Å²) in [5.74, 6) is 0. The minimum atomic E-state index is -0.102. The number of hydrogen-bond acceptors (Lipinski definition) is 3. The third kappa shape index (κ3) is 6.57. The summed E-state index contributed by atoms with van der Waals surface area (Å²) in [6.45, 7) is 28.0. The summed E-state index contributed by atoms with van der Waals surface area (Å²) < 4.78 is 6.19. The van der Waals surface area contributed by atoms with E-state index in [0.717, 1.165) is 27.6 Å². The molecule has 0 radical (unpaired) electrons. The summed E-state index contributed by atoms with van der Waals surface area (Å²) in [7, 11) is 0. The summed E-state index contributed by atoms with van der Waals surface area (Å²) in [6.07, 6.45) is 0. The molecule has 10 rings (SSSR count). The molecular formula is C58H59BN2O. The van der Waals surface area contributed by atoms with Crippen molar-refractivity contribution in [2.45, 2.75) is 105 Å². The SMILES string of the molecule is CC(C)(C)c1ccc(N2c3cc(C(C)(C)C)ccc3B3c4ccc(C(C)(C)C)cc4N(c4ccc(-c5ccc6oc7ccccc7c6c5)cc4)c4cc(C(C)(C)C)cc2c43)cc1. The summed E-state index contributed by atoms with van der Waals surface area (Å²) in [5, 5.41) is 2.29. The summed E-state index contributed by atoms with van der Waals surface area (Å²) >= 11 is 0. The van der Waals surface area contributed by atoms with E-state index in [1.54, 1.807) is 0 Å². The van der Waals surface area contributed by atoms with E-state index in [-0.39, 0.29) is 28.4 Å². The smallest absolute Gasteiger partial charge is 0.252 e. The molecule has 0 spiro atoms. The van der Waals surface area contributed by atoms with E-state index < -0.39 is 0 Å². The topological polar surface area (TPSA) is 19.6 Å². The second-order valence-electron chi connectivity index (χ2n) is 22.0. The highest BCUT2D eigenvalue weighted by Gasteiger charge is 2.45. The first-order chi connectivity index (χ1) is 29.3. The van der Waals surface area contributed by atoms with E-state index in [4.69, 9.17) is 4.42 Å². The first-order valence-electron chi connectivity index (χ1n) is 22.5. The molecule has 0 atom stereocenters. The van der Waals surface area contributed by atoms with Crippen molar-refractivity contribution in [2.75, 3.05) is 9.80 Å². The standard InChI is InChI=1S/C58H59BN2O/c1-55(2,3)38-20-26-43(27-21-38)61-49-33-40(57(7,8)9)23-29-47(49)59-46-28-22-39(56(4,5)6)32-48(46)60(50-34-41(58(10,11)12)35-51(61)54(50)59)42-24-17-36(18-25-42)37-19-30-53-45(31-37)44-15-13-14-16-52(44)62-53/h13-35H,1-12H3. The van der Waals surface area contributed by atoms with Crippen molar-refractivity contribution in [3.8, 4) is 11.1 Å². The fourth-order valence-corrected chi connectivity index (χ4v) is 9.73. The zero-order valence-electron chi connectivity index (χ0n) is 38.7. The van der Waals surface area contributed by atoms with Crippen molar-refractivity contribution in [3.05, 3.63) is 162 Å². The lowest BCUT2D eigenvalue weighted by Crippen LogP contribution is -2.61. The van der Waals surface area contributed by atoms with Crippen LogP contribution in [-0.4, -0.2) is 6.71 Å². The van der Waals surface area contributed by atoms with Gasteiger partial charge in [0.15, 0.2) is 0 Å². The van der Waals surface area contributed by atoms with E-state index >= 15 is 0 Å². The summed E-state index contributed by atoms with van der Waals surface area (Å²) in [4.78, 5) is 5.15. The largest absolute Gasteiger partial charge is 0.456 e. The average Bonchev–Trinajstić information content (AvgIpc) is 3.60. The summed E-state index contributed by atoms with van der Waals surface area (Å²) in [5.41, 5.74) is 20.8. The molecule has 0 saturated carbocycles. The van der Waals surface area contributed by atoms with Gasteiger partial charge in [-0.3, -0.25) is 0 Å². The zero-order valence-corrected chi connectivity index (χ0v) is 38.7. The van der Waals surface area contributed by atoms with E-state index in [0.29, 0.717) is 0 Å². The van der Waals surface area contributed by atoms with Crippen LogP contribution in [0.15, 0.2) is 144 Å². The van der Waals surface area contributed by atoms with Crippen LogP contribution in [0.4, 0.5) is 34.1 Å². The van der Waals surface area contributed by atoms with Gasteiger partial charge in [0, 0.05) is 44.9 Å². The molecule has 1 aromatic heterocycles. The Morgan fingerprint density at radius 2 is 0.806 bits per heavy atom. The highest BCUT2D eigenvalue weighted by molar-refractivity contribution is 7.00. The molecule has 0 fully saturated rings. The minimum absolute atomic E-state index is 0.0113. The summed E-state index contributed by atoms with van der Waals surface area (Å²) in [6, 6.07) is 53.1. The Balaban J connectivity index is 1.22. The molecule has 3 nitrogen and oxygen atoms in total. The Morgan fingerprint density at radius 1 is 0.371 bits per heavy atom. The van der Waals surface area contributed by atoms with Gasteiger partial charge >= 0.3 is 0 Å². The lowest BCUT2D eigenvalue weighted by molar-refractivity contribution is 0.589. The highest BCUT2D eigenvalue weighted by atomic mass is 16.3. The van der Waals surface area contributed by atoms with Gasteiger partial charge in [-0.25, -0.2) is 0 Å². The van der Waals surface area contributed by atoms with Gasteiger partial charge in [0.2, 0.25) is 0 Å². The molecule has 0 bridgehead atoms. The number of nitrogens with zero attached hydrogens (tertiary/aromatic N) is 2. The predicted molar refractivity (Wildman–Crippen MR) is 268 cm³/mol. The molecule has 7 aromatic carbocycles. The van der Waals surface area contributed by atoms with Crippen LogP contribution in [0.2, 0.25) is 0 Å². The third-order valence-electron chi connectivity index (χ3n) is 13.5. The molecule has 0 amide bonds. The predicted octanol–water partition coefficient (Wildman–Crippen LogP) is 14.5. The zero-order chi connectivity index (χ0) is 43.7. The molecule has 8 aromatic rings.